The summed E-state index contributed by atoms with van der Waals surface area (Å²) in [5, 5.41) is 26.8. The van der Waals surface area contributed by atoms with Crippen LogP contribution in [0.4, 0.5) is 0 Å². The first kappa shape index (κ1) is 15.5. The van der Waals surface area contributed by atoms with Gasteiger partial charge >= 0.3 is 0 Å². The highest BCUT2D eigenvalue weighted by atomic mass is 16.5. The summed E-state index contributed by atoms with van der Waals surface area (Å²) in [5.41, 5.74) is 1.40. The fourth-order valence-corrected chi connectivity index (χ4v) is 2.16. The Hall–Kier alpha value is -2.51. The Bertz CT molecular complexity index is 575. The number of hydrogen-bond donors (Lipinski definition) is 0. The van der Waals surface area contributed by atoms with Gasteiger partial charge in [0.25, 0.3) is 0 Å². The molecule has 2 unspecified atom stereocenters. The highest BCUT2D eigenvalue weighted by Gasteiger charge is 2.21. The van der Waals surface area contributed by atoms with Crippen molar-refractivity contribution in [3.63, 3.8) is 0 Å². The first-order valence-corrected chi connectivity index (χ1v) is 6.58. The van der Waals surface area contributed by atoms with Crippen LogP contribution in [0.5, 0.6) is 5.75 Å². The number of nitrogens with zero attached hydrogens (tertiary/aromatic N) is 3. The van der Waals surface area contributed by atoms with Crippen molar-refractivity contribution < 1.29 is 4.74 Å². The molecule has 0 heterocycles. The molecule has 0 N–H and O–H groups in total. The molecule has 102 valence electrons. The van der Waals surface area contributed by atoms with Crippen molar-refractivity contribution in [3.05, 3.63) is 29.3 Å². The quantitative estimate of drug-likeness (QED) is 0.789. The van der Waals surface area contributed by atoms with E-state index in [1.165, 1.54) is 0 Å². The minimum atomic E-state index is -0.0302. The van der Waals surface area contributed by atoms with Gasteiger partial charge in [0.05, 0.1) is 17.7 Å². The fraction of sp³-hybridized carbons (Fsp3) is 0.438. The molecular weight excluding hydrogens is 250 g/mol. The lowest BCUT2D eigenvalue weighted by Gasteiger charge is -2.22. The molecule has 0 aliphatic rings. The molecule has 20 heavy (non-hydrogen) atoms. The Balaban J connectivity index is 3.20. The molecule has 0 saturated heterocycles. The van der Waals surface area contributed by atoms with Crippen LogP contribution in [0.1, 0.15) is 43.7 Å². The first-order valence-electron chi connectivity index (χ1n) is 6.58. The van der Waals surface area contributed by atoms with Crippen LogP contribution in [0, 0.1) is 39.9 Å². The third kappa shape index (κ3) is 3.74. The molecule has 1 aromatic rings. The molecule has 0 bridgehead atoms. The number of ether oxygens (including phenoxy) is 1. The van der Waals surface area contributed by atoms with Gasteiger partial charge in [-0.15, -0.1) is 0 Å². The maximum absolute atomic E-state index is 9.23. The van der Waals surface area contributed by atoms with Crippen molar-refractivity contribution in [2.24, 2.45) is 5.92 Å². The van der Waals surface area contributed by atoms with E-state index < -0.39 is 0 Å². The molecular formula is C16H17N3O. The van der Waals surface area contributed by atoms with Gasteiger partial charge in [-0.1, -0.05) is 20.3 Å². The van der Waals surface area contributed by atoms with E-state index in [1.807, 2.05) is 6.07 Å². The molecule has 4 heteroatoms. The van der Waals surface area contributed by atoms with Crippen LogP contribution in [-0.4, -0.2) is 6.61 Å². The minimum Gasteiger partial charge on any atom is -0.479 e. The monoisotopic (exact) mass is 267 g/mol. The van der Waals surface area contributed by atoms with Crippen molar-refractivity contribution in [2.75, 3.05) is 6.61 Å². The van der Waals surface area contributed by atoms with Gasteiger partial charge in [0.1, 0.15) is 11.8 Å². The van der Waals surface area contributed by atoms with Crippen LogP contribution in [0.3, 0.4) is 0 Å². The molecule has 1 rings (SSSR count). The molecule has 0 saturated carbocycles. The van der Waals surface area contributed by atoms with Crippen LogP contribution < -0.4 is 4.74 Å². The summed E-state index contributed by atoms with van der Waals surface area (Å²) in [7, 11) is 0. The van der Waals surface area contributed by atoms with Crippen LogP contribution >= 0.6 is 0 Å². The van der Waals surface area contributed by atoms with Crippen LogP contribution in [0.25, 0.3) is 0 Å². The highest BCUT2D eigenvalue weighted by molar-refractivity contribution is 5.45. The van der Waals surface area contributed by atoms with Crippen molar-refractivity contribution in [3.8, 4) is 24.0 Å². The van der Waals surface area contributed by atoms with Crippen LogP contribution in [-0.2, 0) is 0 Å². The van der Waals surface area contributed by atoms with Crippen LogP contribution in [0.2, 0.25) is 0 Å². The maximum atomic E-state index is 9.23. The summed E-state index contributed by atoms with van der Waals surface area (Å²) in [6, 6.07) is 11.4. The van der Waals surface area contributed by atoms with Gasteiger partial charge in [-0.25, -0.2) is 0 Å². The van der Waals surface area contributed by atoms with E-state index in [2.05, 4.69) is 26.0 Å². The number of nitriles is 3. The van der Waals surface area contributed by atoms with Gasteiger partial charge in [-0.05, 0) is 29.7 Å². The van der Waals surface area contributed by atoms with Gasteiger partial charge < -0.3 is 4.74 Å². The summed E-state index contributed by atoms with van der Waals surface area (Å²) >= 11 is 0. The molecule has 1 aromatic carbocycles. The summed E-state index contributed by atoms with van der Waals surface area (Å²) < 4.78 is 5.28. The van der Waals surface area contributed by atoms with E-state index in [4.69, 9.17) is 15.3 Å². The second-order valence-corrected chi connectivity index (χ2v) is 4.66. The fourth-order valence-electron chi connectivity index (χ4n) is 2.16. The molecule has 2 atom stereocenters. The average molecular weight is 267 g/mol. The number of benzene rings is 1. The molecule has 0 aromatic heterocycles. The molecule has 0 aliphatic carbocycles. The van der Waals surface area contributed by atoms with Gasteiger partial charge in [-0.2, -0.15) is 15.8 Å². The van der Waals surface area contributed by atoms with Gasteiger partial charge in [0, 0.05) is 12.3 Å². The van der Waals surface area contributed by atoms with Gasteiger partial charge in [0.2, 0.25) is 0 Å². The highest BCUT2D eigenvalue weighted by Crippen LogP contribution is 2.34. The third-order valence-corrected chi connectivity index (χ3v) is 3.49. The van der Waals surface area contributed by atoms with Crippen molar-refractivity contribution >= 4 is 0 Å². The zero-order valence-electron chi connectivity index (χ0n) is 11.8. The Morgan fingerprint density at radius 2 is 1.95 bits per heavy atom. The first-order chi connectivity index (χ1) is 9.67. The summed E-state index contributed by atoms with van der Waals surface area (Å²) in [4.78, 5) is 0. The van der Waals surface area contributed by atoms with Gasteiger partial charge in [0.15, 0.2) is 6.61 Å². The second-order valence-electron chi connectivity index (χ2n) is 4.66. The van der Waals surface area contributed by atoms with Crippen molar-refractivity contribution in [2.45, 2.75) is 32.6 Å². The lowest BCUT2D eigenvalue weighted by molar-refractivity contribution is 0.366. The molecule has 4 nitrogen and oxygen atoms in total. The van der Waals surface area contributed by atoms with E-state index >= 15 is 0 Å². The number of rotatable bonds is 6. The molecule has 0 aliphatic heterocycles. The predicted octanol–water partition coefficient (Wildman–Crippen LogP) is 3.50. The van der Waals surface area contributed by atoms with E-state index in [0.29, 0.717) is 23.7 Å². The standard InChI is InChI=1S/C16H17N3O/c1-3-12(2)15(6-7-17)16-10-14(20-9-8-18)5-4-13(16)11-19/h4-5,10,12,15H,3,6,9H2,1-2H3. The van der Waals surface area contributed by atoms with Crippen molar-refractivity contribution in [1.82, 2.24) is 0 Å². The summed E-state index contributed by atoms with van der Waals surface area (Å²) in [6.07, 6.45) is 1.30. The smallest absolute Gasteiger partial charge is 0.174 e. The topological polar surface area (TPSA) is 80.6 Å². The Kier molecular flexibility index (Phi) is 6.08. The molecule has 0 amide bonds. The zero-order chi connectivity index (χ0) is 15.0. The maximum Gasteiger partial charge on any atom is 0.174 e. The predicted molar refractivity (Wildman–Crippen MR) is 74.7 cm³/mol. The second kappa shape index (κ2) is 7.82. The Labute approximate surface area is 119 Å². The summed E-state index contributed by atoms with van der Waals surface area (Å²) in [5.74, 6) is 0.866. The SMILES string of the molecule is CCC(C)C(CC#N)c1cc(OCC#N)ccc1C#N. The lowest BCUT2D eigenvalue weighted by atomic mass is 9.81. The normalized spacial score (nSPS) is 12.6. The third-order valence-electron chi connectivity index (χ3n) is 3.49. The largest absolute Gasteiger partial charge is 0.479 e. The van der Waals surface area contributed by atoms with Crippen molar-refractivity contribution in [1.29, 1.82) is 15.8 Å². The molecule has 0 fully saturated rings. The zero-order valence-corrected chi connectivity index (χ0v) is 11.8. The van der Waals surface area contributed by atoms with E-state index in [-0.39, 0.29) is 12.5 Å². The Morgan fingerprint density at radius 3 is 2.50 bits per heavy atom. The molecule has 0 spiro atoms. The number of hydrogen-bond acceptors (Lipinski definition) is 4. The minimum absolute atomic E-state index is 0.00489. The summed E-state index contributed by atoms with van der Waals surface area (Å²) in [6.45, 7) is 4.11. The average Bonchev–Trinajstić information content (AvgIpc) is 2.49. The van der Waals surface area contributed by atoms with E-state index in [1.54, 1.807) is 18.2 Å². The molecule has 0 radical (unpaired) electrons. The lowest BCUT2D eigenvalue weighted by Crippen LogP contribution is -2.11. The van der Waals surface area contributed by atoms with E-state index in [9.17, 15) is 5.26 Å². The van der Waals surface area contributed by atoms with E-state index in [0.717, 1.165) is 12.0 Å². The van der Waals surface area contributed by atoms with Gasteiger partial charge in [-0.3, -0.25) is 0 Å². The Morgan fingerprint density at radius 1 is 1.20 bits per heavy atom. The van der Waals surface area contributed by atoms with Crippen LogP contribution in [0.15, 0.2) is 18.2 Å².